The van der Waals surface area contributed by atoms with Crippen LogP contribution >= 0.6 is 0 Å². The number of aryl methyl sites for hydroxylation is 1. The smallest absolute Gasteiger partial charge is 0.408 e. The maximum Gasteiger partial charge on any atom is 0.408 e. The summed E-state index contributed by atoms with van der Waals surface area (Å²) in [5, 5.41) is 17.6. The van der Waals surface area contributed by atoms with Crippen LogP contribution in [0.15, 0.2) is 18.3 Å². The van der Waals surface area contributed by atoms with Crippen LogP contribution in [0.5, 0.6) is 0 Å². The number of carbonyl (C=O) groups excluding carboxylic acids is 1. The van der Waals surface area contributed by atoms with Gasteiger partial charge in [0, 0.05) is 18.7 Å². The van der Waals surface area contributed by atoms with E-state index in [4.69, 9.17) is 14.2 Å². The molecule has 4 fully saturated rings. The number of aromatic amines is 1. The summed E-state index contributed by atoms with van der Waals surface area (Å²) in [6.07, 6.45) is 0.816. The molecule has 11 nitrogen and oxygen atoms in total. The maximum atomic E-state index is 15.1. The second-order valence-electron chi connectivity index (χ2n) is 9.49. The van der Waals surface area contributed by atoms with Crippen molar-refractivity contribution in [3.8, 4) is 0 Å². The lowest BCUT2D eigenvalue weighted by Crippen LogP contribution is -2.68. The van der Waals surface area contributed by atoms with Crippen LogP contribution in [0.2, 0.25) is 0 Å². The number of halogens is 1. The number of methoxy groups -OCH3 is 1. The molecule has 2 bridgehead atoms. The number of anilines is 2. The zero-order valence-electron chi connectivity index (χ0n) is 18.9. The van der Waals surface area contributed by atoms with E-state index in [9.17, 15) is 4.79 Å². The zero-order chi connectivity index (χ0) is 23.4. The van der Waals surface area contributed by atoms with Gasteiger partial charge in [-0.1, -0.05) is 0 Å². The van der Waals surface area contributed by atoms with E-state index in [1.54, 1.807) is 17.7 Å². The van der Waals surface area contributed by atoms with Crippen molar-refractivity contribution in [2.45, 2.75) is 56.7 Å². The SMILES string of the molecule is COCc1cc2c(Nc3cc([C@@H]4OC[C@H](OC(=O)NC56CC(C5)C6)[C@H]4F)[nH]n3)nc(C)cn2n1. The van der Waals surface area contributed by atoms with Crippen LogP contribution in [-0.2, 0) is 20.8 Å². The van der Waals surface area contributed by atoms with Crippen molar-refractivity contribution in [1.82, 2.24) is 30.1 Å². The number of rotatable bonds is 7. The van der Waals surface area contributed by atoms with E-state index in [2.05, 4.69) is 30.9 Å². The summed E-state index contributed by atoms with van der Waals surface area (Å²) in [7, 11) is 1.61. The van der Waals surface area contributed by atoms with E-state index < -0.39 is 24.5 Å². The molecule has 7 rings (SSSR count). The second-order valence-corrected chi connectivity index (χ2v) is 9.49. The molecule has 4 heterocycles. The van der Waals surface area contributed by atoms with Gasteiger partial charge in [-0.2, -0.15) is 10.2 Å². The average Bonchev–Trinajstić information content (AvgIpc) is 3.44. The molecule has 1 saturated heterocycles. The molecule has 3 aromatic rings. The minimum atomic E-state index is -1.51. The number of nitrogens with zero attached hydrogens (tertiary/aromatic N) is 4. The summed E-state index contributed by atoms with van der Waals surface area (Å²) in [6, 6.07) is 3.54. The highest BCUT2D eigenvalue weighted by molar-refractivity contribution is 5.72. The van der Waals surface area contributed by atoms with E-state index in [-0.39, 0.29) is 12.1 Å². The van der Waals surface area contributed by atoms with E-state index in [0.29, 0.717) is 23.9 Å². The Morgan fingerprint density at radius 3 is 2.94 bits per heavy atom. The molecule has 12 heteroatoms. The molecule has 180 valence electrons. The molecule has 3 aromatic heterocycles. The van der Waals surface area contributed by atoms with Gasteiger partial charge in [0.2, 0.25) is 0 Å². The maximum absolute atomic E-state index is 15.1. The molecule has 1 aliphatic heterocycles. The van der Waals surface area contributed by atoms with Crippen LogP contribution in [-0.4, -0.2) is 62.4 Å². The molecular formula is C22H26FN7O4. The van der Waals surface area contributed by atoms with Crippen LogP contribution in [0.25, 0.3) is 5.52 Å². The molecule has 3 atom stereocenters. The van der Waals surface area contributed by atoms with E-state index >= 15 is 4.39 Å². The van der Waals surface area contributed by atoms with Gasteiger partial charge in [0.05, 0.1) is 36.5 Å². The van der Waals surface area contributed by atoms with Gasteiger partial charge in [-0.05, 0) is 38.2 Å². The topological polar surface area (TPSA) is 128 Å². The van der Waals surface area contributed by atoms with Gasteiger partial charge in [0.1, 0.15) is 11.6 Å². The third kappa shape index (κ3) is 3.66. The lowest BCUT2D eigenvalue weighted by molar-refractivity contribution is -0.0528. The van der Waals surface area contributed by atoms with Gasteiger partial charge in [0.15, 0.2) is 23.9 Å². The van der Waals surface area contributed by atoms with Crippen molar-refractivity contribution in [3.63, 3.8) is 0 Å². The highest BCUT2D eigenvalue weighted by atomic mass is 19.1. The third-order valence-electron chi connectivity index (χ3n) is 6.82. The zero-order valence-corrected chi connectivity index (χ0v) is 18.9. The number of fused-ring (bicyclic) bond motifs is 1. The van der Waals surface area contributed by atoms with Gasteiger partial charge in [-0.25, -0.2) is 18.7 Å². The first-order valence-electron chi connectivity index (χ1n) is 11.3. The van der Waals surface area contributed by atoms with Crippen LogP contribution in [0.3, 0.4) is 0 Å². The van der Waals surface area contributed by atoms with Crippen molar-refractivity contribution in [2.75, 3.05) is 19.0 Å². The normalized spacial score (nSPS) is 29.5. The summed E-state index contributed by atoms with van der Waals surface area (Å²) in [4.78, 5) is 16.7. The first-order valence-corrected chi connectivity index (χ1v) is 11.3. The number of aromatic nitrogens is 5. The van der Waals surface area contributed by atoms with Crippen molar-refractivity contribution in [2.24, 2.45) is 5.92 Å². The molecule has 0 radical (unpaired) electrons. The quantitative estimate of drug-likeness (QED) is 0.480. The second kappa shape index (κ2) is 7.91. The van der Waals surface area contributed by atoms with Crippen LogP contribution in [0.1, 0.15) is 42.4 Å². The van der Waals surface area contributed by atoms with Crippen molar-refractivity contribution >= 4 is 23.2 Å². The van der Waals surface area contributed by atoms with Crippen molar-refractivity contribution < 1.29 is 23.4 Å². The Hall–Kier alpha value is -3.25. The number of nitrogens with one attached hydrogen (secondary N) is 3. The molecule has 0 unspecified atom stereocenters. The van der Waals surface area contributed by atoms with Crippen LogP contribution in [0, 0.1) is 12.8 Å². The van der Waals surface area contributed by atoms with Crippen molar-refractivity contribution in [3.05, 3.63) is 35.4 Å². The molecular weight excluding hydrogens is 445 g/mol. The largest absolute Gasteiger partial charge is 0.441 e. The minimum Gasteiger partial charge on any atom is -0.441 e. The Bertz CT molecular complexity index is 1230. The summed E-state index contributed by atoms with van der Waals surface area (Å²) < 4.78 is 32.9. The lowest BCUT2D eigenvalue weighted by Gasteiger charge is -2.61. The summed E-state index contributed by atoms with van der Waals surface area (Å²) in [5.41, 5.74) is 2.61. The molecule has 0 aromatic carbocycles. The van der Waals surface area contributed by atoms with Gasteiger partial charge in [-0.15, -0.1) is 0 Å². The third-order valence-corrected chi connectivity index (χ3v) is 6.82. The minimum absolute atomic E-state index is 0.0190. The molecule has 34 heavy (non-hydrogen) atoms. The molecule has 3 saturated carbocycles. The molecule has 3 N–H and O–H groups in total. The monoisotopic (exact) mass is 471 g/mol. The average molecular weight is 471 g/mol. The number of hydrogen-bond donors (Lipinski definition) is 3. The molecule has 4 aliphatic rings. The lowest BCUT2D eigenvalue weighted by atomic mass is 9.50. The van der Waals surface area contributed by atoms with Gasteiger partial charge in [-0.3, -0.25) is 5.10 Å². The Morgan fingerprint density at radius 2 is 2.21 bits per heavy atom. The predicted molar refractivity (Wildman–Crippen MR) is 117 cm³/mol. The first-order chi connectivity index (χ1) is 16.4. The Morgan fingerprint density at radius 1 is 1.38 bits per heavy atom. The van der Waals surface area contributed by atoms with Gasteiger partial charge < -0.3 is 24.8 Å². The number of ether oxygens (including phenoxy) is 3. The first kappa shape index (κ1) is 21.3. The summed E-state index contributed by atoms with van der Waals surface area (Å²) >= 11 is 0. The Labute approximate surface area is 194 Å². The highest BCUT2D eigenvalue weighted by Crippen LogP contribution is 2.57. The van der Waals surface area contributed by atoms with Gasteiger partial charge in [0.25, 0.3) is 0 Å². The number of hydrogen-bond acceptors (Lipinski definition) is 8. The fourth-order valence-electron chi connectivity index (χ4n) is 5.09. The highest BCUT2D eigenvalue weighted by Gasteiger charge is 2.58. The van der Waals surface area contributed by atoms with Crippen molar-refractivity contribution in [1.29, 1.82) is 0 Å². The number of carbonyl (C=O) groups is 1. The Balaban J connectivity index is 1.12. The standard InChI is InChI=1S/C22H26FN7O4/c1-11-8-30-15(3-13(29-30)9-32-2)20(24-11)25-17-4-14(27-28-17)19-18(23)16(10-33-19)34-21(31)26-22-5-12(6-22)7-22/h3-4,8,12,16,18-19H,5-7,9-10H2,1-2H3,(H,26,31)(H2,24,25,27,28)/t12?,16-,18+,19-,22?/m0/s1. The predicted octanol–water partition coefficient (Wildman–Crippen LogP) is 2.71. The van der Waals surface area contributed by atoms with Crippen LogP contribution in [0.4, 0.5) is 20.8 Å². The van der Waals surface area contributed by atoms with Crippen LogP contribution < -0.4 is 10.6 Å². The molecule has 1 amide bonds. The number of alkyl halides is 1. The summed E-state index contributed by atoms with van der Waals surface area (Å²) in [6.45, 7) is 2.23. The number of H-pyrrole nitrogens is 1. The fraction of sp³-hybridized carbons (Fsp3) is 0.545. The number of alkyl carbamates (subject to hydrolysis) is 1. The fourth-order valence-corrected chi connectivity index (χ4v) is 5.09. The number of amides is 1. The van der Waals surface area contributed by atoms with E-state index in [1.165, 1.54) is 0 Å². The van der Waals surface area contributed by atoms with E-state index in [0.717, 1.165) is 42.1 Å². The molecule has 0 spiro atoms. The molecule has 3 aliphatic carbocycles. The summed E-state index contributed by atoms with van der Waals surface area (Å²) in [5.74, 6) is 1.73. The Kier molecular flexibility index (Phi) is 4.96. The van der Waals surface area contributed by atoms with Gasteiger partial charge >= 0.3 is 6.09 Å². The van der Waals surface area contributed by atoms with E-state index in [1.807, 2.05) is 19.2 Å².